The second-order valence-corrected chi connectivity index (χ2v) is 8.61. The number of para-hydroxylation sites is 1. The molecule has 3 aromatic rings. The first-order valence-corrected chi connectivity index (χ1v) is 10.9. The number of hydrogen-bond acceptors (Lipinski definition) is 3. The summed E-state index contributed by atoms with van der Waals surface area (Å²) in [6.45, 7) is 4.83. The van der Waals surface area contributed by atoms with Crippen LogP contribution in [0.25, 0.3) is 10.9 Å². The molecular formula is C23H29N5O. The minimum absolute atomic E-state index is 0.142. The van der Waals surface area contributed by atoms with Crippen LogP contribution >= 0.6 is 0 Å². The van der Waals surface area contributed by atoms with Gasteiger partial charge in [-0.25, -0.2) is 9.67 Å². The first-order valence-electron chi connectivity index (χ1n) is 10.9. The van der Waals surface area contributed by atoms with Crippen LogP contribution in [0.1, 0.15) is 61.1 Å². The van der Waals surface area contributed by atoms with Gasteiger partial charge in [-0.2, -0.15) is 5.10 Å². The van der Waals surface area contributed by atoms with Crippen molar-refractivity contribution >= 4 is 16.8 Å². The summed E-state index contributed by atoms with van der Waals surface area (Å²) < 4.78 is 1.75. The molecule has 29 heavy (non-hydrogen) atoms. The molecule has 5 rings (SSSR count). The lowest BCUT2D eigenvalue weighted by Crippen LogP contribution is -2.45. The second kappa shape index (κ2) is 7.32. The summed E-state index contributed by atoms with van der Waals surface area (Å²) in [5.74, 6) is 2.19. The standard InChI is InChI=1S/C23H29N5O/c1-15-24-16(2)28(26-15)14-21(29)27-13-12-19-18-10-6-7-11-20(18)25-22(19)23(27)17-8-4-3-5-9-17/h6-7,10-11,17,23,25H,3-5,8-9,12-14H2,1-2H3. The Labute approximate surface area is 171 Å². The highest BCUT2D eigenvalue weighted by molar-refractivity contribution is 5.86. The zero-order chi connectivity index (χ0) is 20.0. The summed E-state index contributed by atoms with van der Waals surface area (Å²) in [4.78, 5) is 23.6. The molecule has 6 heteroatoms. The average molecular weight is 392 g/mol. The van der Waals surface area contributed by atoms with Crippen molar-refractivity contribution in [3.8, 4) is 0 Å². The molecule has 1 fully saturated rings. The van der Waals surface area contributed by atoms with Gasteiger partial charge in [0.1, 0.15) is 18.2 Å². The topological polar surface area (TPSA) is 66.8 Å². The van der Waals surface area contributed by atoms with Crippen LogP contribution in [-0.4, -0.2) is 37.1 Å². The smallest absolute Gasteiger partial charge is 0.244 e. The number of nitrogens with one attached hydrogen (secondary N) is 1. The van der Waals surface area contributed by atoms with E-state index in [0.717, 1.165) is 24.6 Å². The monoisotopic (exact) mass is 391 g/mol. The number of benzene rings is 1. The van der Waals surface area contributed by atoms with Crippen molar-refractivity contribution in [2.75, 3.05) is 6.54 Å². The number of carbonyl (C=O) groups is 1. The van der Waals surface area contributed by atoms with Gasteiger partial charge in [-0.3, -0.25) is 4.79 Å². The van der Waals surface area contributed by atoms with Crippen LogP contribution in [0.5, 0.6) is 0 Å². The maximum atomic E-state index is 13.4. The number of rotatable bonds is 3. The van der Waals surface area contributed by atoms with Crippen LogP contribution in [-0.2, 0) is 17.8 Å². The molecule has 0 spiro atoms. The number of hydrogen-bond donors (Lipinski definition) is 1. The van der Waals surface area contributed by atoms with E-state index >= 15 is 0 Å². The zero-order valence-corrected chi connectivity index (χ0v) is 17.3. The molecule has 0 bridgehead atoms. The number of carbonyl (C=O) groups excluding carboxylic acids is 1. The molecule has 1 amide bonds. The van der Waals surface area contributed by atoms with Gasteiger partial charge in [0, 0.05) is 23.1 Å². The van der Waals surface area contributed by atoms with Crippen molar-refractivity contribution in [2.24, 2.45) is 5.92 Å². The number of aryl methyl sites for hydroxylation is 2. The molecule has 6 nitrogen and oxygen atoms in total. The van der Waals surface area contributed by atoms with E-state index in [-0.39, 0.29) is 18.5 Å². The molecule has 0 radical (unpaired) electrons. The van der Waals surface area contributed by atoms with Crippen molar-refractivity contribution in [3.05, 3.63) is 47.2 Å². The van der Waals surface area contributed by atoms with E-state index in [9.17, 15) is 4.79 Å². The van der Waals surface area contributed by atoms with Gasteiger partial charge < -0.3 is 9.88 Å². The van der Waals surface area contributed by atoms with Gasteiger partial charge in [0.25, 0.3) is 0 Å². The van der Waals surface area contributed by atoms with Crippen molar-refractivity contribution in [2.45, 2.75) is 65.0 Å². The first-order chi connectivity index (χ1) is 14.1. The average Bonchev–Trinajstić information content (AvgIpc) is 3.26. The lowest BCUT2D eigenvalue weighted by molar-refractivity contribution is -0.136. The van der Waals surface area contributed by atoms with Crippen LogP contribution < -0.4 is 0 Å². The van der Waals surface area contributed by atoms with E-state index in [1.165, 1.54) is 54.3 Å². The molecule has 1 aromatic carbocycles. The second-order valence-electron chi connectivity index (χ2n) is 8.61. The number of aromatic nitrogens is 4. The minimum Gasteiger partial charge on any atom is -0.356 e. The van der Waals surface area contributed by atoms with Gasteiger partial charge in [-0.15, -0.1) is 0 Å². The maximum absolute atomic E-state index is 13.4. The number of fused-ring (bicyclic) bond motifs is 3. The van der Waals surface area contributed by atoms with Crippen molar-refractivity contribution < 1.29 is 4.79 Å². The maximum Gasteiger partial charge on any atom is 0.244 e. The summed E-state index contributed by atoms with van der Waals surface area (Å²) in [6.07, 6.45) is 7.15. The highest BCUT2D eigenvalue weighted by Crippen LogP contribution is 2.43. The van der Waals surface area contributed by atoms with E-state index in [1.807, 2.05) is 13.8 Å². The van der Waals surface area contributed by atoms with Crippen LogP contribution in [0.15, 0.2) is 24.3 Å². The van der Waals surface area contributed by atoms with Gasteiger partial charge in [-0.1, -0.05) is 37.5 Å². The van der Waals surface area contributed by atoms with E-state index < -0.39 is 0 Å². The summed E-state index contributed by atoms with van der Waals surface area (Å²) in [7, 11) is 0. The molecular weight excluding hydrogens is 362 g/mol. The highest BCUT2D eigenvalue weighted by atomic mass is 16.2. The Bertz CT molecular complexity index is 1040. The fraction of sp³-hybridized carbons (Fsp3) is 0.522. The first kappa shape index (κ1) is 18.4. The van der Waals surface area contributed by atoms with Crippen molar-refractivity contribution in [1.29, 1.82) is 0 Å². The summed E-state index contributed by atoms with van der Waals surface area (Å²) in [5.41, 5.74) is 3.87. The Morgan fingerprint density at radius 2 is 1.97 bits per heavy atom. The van der Waals surface area contributed by atoms with Crippen molar-refractivity contribution in [1.82, 2.24) is 24.6 Å². The molecule has 1 saturated carbocycles. The molecule has 152 valence electrons. The predicted molar refractivity (Wildman–Crippen MR) is 113 cm³/mol. The Morgan fingerprint density at radius 3 is 2.72 bits per heavy atom. The van der Waals surface area contributed by atoms with E-state index in [0.29, 0.717) is 5.92 Å². The lowest BCUT2D eigenvalue weighted by Gasteiger charge is -2.42. The zero-order valence-electron chi connectivity index (χ0n) is 17.3. The molecule has 1 aliphatic heterocycles. The minimum atomic E-state index is 0.142. The molecule has 3 heterocycles. The van der Waals surface area contributed by atoms with E-state index in [1.54, 1.807) is 4.68 Å². The van der Waals surface area contributed by atoms with E-state index in [2.05, 4.69) is 44.2 Å². The Morgan fingerprint density at radius 1 is 1.17 bits per heavy atom. The molecule has 1 atom stereocenters. The lowest BCUT2D eigenvalue weighted by atomic mass is 9.79. The van der Waals surface area contributed by atoms with Gasteiger partial charge in [-0.05, 0) is 50.7 Å². The summed E-state index contributed by atoms with van der Waals surface area (Å²) in [6, 6.07) is 8.70. The summed E-state index contributed by atoms with van der Waals surface area (Å²) in [5, 5.41) is 5.73. The largest absolute Gasteiger partial charge is 0.356 e. The van der Waals surface area contributed by atoms with Gasteiger partial charge in [0.05, 0.1) is 6.04 Å². The number of amides is 1. The third-order valence-electron chi connectivity index (χ3n) is 6.75. The number of H-pyrrole nitrogens is 1. The fourth-order valence-corrected chi connectivity index (χ4v) is 5.42. The highest BCUT2D eigenvalue weighted by Gasteiger charge is 2.38. The molecule has 0 saturated heterocycles. The third kappa shape index (κ3) is 3.24. The third-order valence-corrected chi connectivity index (χ3v) is 6.75. The Balaban J connectivity index is 1.52. The van der Waals surface area contributed by atoms with Gasteiger partial charge >= 0.3 is 0 Å². The quantitative estimate of drug-likeness (QED) is 0.731. The summed E-state index contributed by atoms with van der Waals surface area (Å²) >= 11 is 0. The SMILES string of the molecule is Cc1nc(C)n(CC(=O)N2CCc3c([nH]c4ccccc34)C2C2CCCCC2)n1. The van der Waals surface area contributed by atoms with Gasteiger partial charge in [0.2, 0.25) is 5.91 Å². The molecule has 1 unspecified atom stereocenters. The fourth-order valence-electron chi connectivity index (χ4n) is 5.42. The predicted octanol–water partition coefficient (Wildman–Crippen LogP) is 4.08. The Kier molecular flexibility index (Phi) is 4.64. The van der Waals surface area contributed by atoms with E-state index in [4.69, 9.17) is 0 Å². The van der Waals surface area contributed by atoms with Crippen LogP contribution in [0, 0.1) is 19.8 Å². The molecule has 1 N–H and O–H groups in total. The normalized spacial score (nSPS) is 20.2. The molecule has 2 aliphatic rings. The Hall–Kier alpha value is -2.63. The molecule has 1 aliphatic carbocycles. The number of aromatic amines is 1. The number of nitrogens with zero attached hydrogens (tertiary/aromatic N) is 4. The van der Waals surface area contributed by atoms with Crippen LogP contribution in [0.3, 0.4) is 0 Å². The molecule has 2 aromatic heterocycles. The van der Waals surface area contributed by atoms with Crippen molar-refractivity contribution in [3.63, 3.8) is 0 Å². The van der Waals surface area contributed by atoms with Crippen LogP contribution in [0.4, 0.5) is 0 Å². The van der Waals surface area contributed by atoms with Gasteiger partial charge in [0.15, 0.2) is 0 Å². The van der Waals surface area contributed by atoms with Crippen LogP contribution in [0.2, 0.25) is 0 Å².